The van der Waals surface area contributed by atoms with E-state index in [2.05, 4.69) is 0 Å². The molecule has 1 saturated heterocycles. The molecule has 2 rings (SSSR count). The van der Waals surface area contributed by atoms with Gasteiger partial charge >= 0.3 is 0 Å². The lowest BCUT2D eigenvalue weighted by Crippen LogP contribution is -2.41. The molecule has 0 amide bonds. The first-order chi connectivity index (χ1) is 8.53. The summed E-state index contributed by atoms with van der Waals surface area (Å²) in [4.78, 5) is 2.05. The Morgan fingerprint density at radius 1 is 1.28 bits per heavy atom. The van der Waals surface area contributed by atoms with Crippen molar-refractivity contribution >= 4 is 27.1 Å². The molecule has 2 N–H and O–H groups in total. The largest absolute Gasteiger partial charge is 0.368 e. The van der Waals surface area contributed by atoms with Crippen molar-refractivity contribution in [3.8, 4) is 0 Å². The zero-order valence-electron chi connectivity index (χ0n) is 10.1. The molecule has 4 nitrogen and oxygen atoms in total. The summed E-state index contributed by atoms with van der Waals surface area (Å²) in [7, 11) is -2.87. The highest BCUT2D eigenvalue weighted by molar-refractivity contribution is 7.91. The lowest BCUT2D eigenvalue weighted by atomic mass is 10.1. The predicted molar refractivity (Wildman–Crippen MR) is 75.1 cm³/mol. The van der Waals surface area contributed by atoms with Gasteiger partial charge in [0.15, 0.2) is 9.84 Å². The molecule has 18 heavy (non-hydrogen) atoms. The highest BCUT2D eigenvalue weighted by Crippen LogP contribution is 2.31. The van der Waals surface area contributed by atoms with Crippen LogP contribution in [0.3, 0.4) is 0 Å². The van der Waals surface area contributed by atoms with Crippen molar-refractivity contribution in [1.29, 1.82) is 0 Å². The number of nitrogens with two attached hydrogens (primary N) is 1. The van der Waals surface area contributed by atoms with E-state index in [0.717, 1.165) is 17.7 Å². The van der Waals surface area contributed by atoms with E-state index in [4.69, 9.17) is 17.3 Å². The Kier molecular flexibility index (Phi) is 4.14. The molecule has 0 saturated carbocycles. The number of sulfone groups is 1. The van der Waals surface area contributed by atoms with Crippen LogP contribution in [0.5, 0.6) is 0 Å². The van der Waals surface area contributed by atoms with Crippen molar-refractivity contribution in [2.24, 2.45) is 5.73 Å². The molecule has 0 radical (unpaired) electrons. The minimum absolute atomic E-state index is 0.195. The fourth-order valence-corrected chi connectivity index (χ4v) is 3.72. The molecular formula is C12H17ClN2O2S. The third kappa shape index (κ3) is 2.96. The van der Waals surface area contributed by atoms with Gasteiger partial charge in [0.2, 0.25) is 0 Å². The first-order valence-electron chi connectivity index (χ1n) is 5.96. The third-order valence-corrected chi connectivity index (χ3v) is 5.06. The Labute approximate surface area is 113 Å². The van der Waals surface area contributed by atoms with E-state index in [0.29, 0.717) is 24.7 Å². The van der Waals surface area contributed by atoms with Crippen LogP contribution in [0.15, 0.2) is 18.2 Å². The molecule has 1 aliphatic heterocycles. The Hall–Kier alpha value is -0.780. The molecule has 100 valence electrons. The molecule has 6 heteroatoms. The fourth-order valence-electron chi connectivity index (χ4n) is 2.21. The minimum atomic E-state index is -2.87. The zero-order valence-corrected chi connectivity index (χ0v) is 11.7. The van der Waals surface area contributed by atoms with Gasteiger partial charge < -0.3 is 10.6 Å². The zero-order chi connectivity index (χ0) is 13.2. The van der Waals surface area contributed by atoms with Gasteiger partial charge in [-0.1, -0.05) is 23.7 Å². The monoisotopic (exact) mass is 288 g/mol. The molecule has 1 fully saturated rings. The summed E-state index contributed by atoms with van der Waals surface area (Å²) in [5.41, 5.74) is 7.63. The topological polar surface area (TPSA) is 63.4 Å². The van der Waals surface area contributed by atoms with E-state index in [1.807, 2.05) is 23.1 Å². The standard InChI is InChI=1S/C12H17ClN2O2S/c13-11-3-1-2-10(4-5-14)12(11)15-6-8-18(16,17)9-7-15/h1-3H,4-9,14H2. The van der Waals surface area contributed by atoms with Gasteiger partial charge in [-0.25, -0.2) is 8.42 Å². The number of hydrogen-bond acceptors (Lipinski definition) is 4. The number of halogens is 1. The van der Waals surface area contributed by atoms with Gasteiger partial charge in [-0.3, -0.25) is 0 Å². The van der Waals surface area contributed by atoms with Gasteiger partial charge in [0, 0.05) is 13.1 Å². The summed E-state index contributed by atoms with van der Waals surface area (Å²) in [6.07, 6.45) is 0.749. The van der Waals surface area contributed by atoms with E-state index in [1.165, 1.54) is 0 Å². The van der Waals surface area contributed by atoms with Crippen molar-refractivity contribution in [1.82, 2.24) is 0 Å². The number of anilines is 1. The molecule has 0 spiro atoms. The summed E-state index contributed by atoms with van der Waals surface area (Å²) in [6.45, 7) is 1.56. The summed E-state index contributed by atoms with van der Waals surface area (Å²) in [5, 5.41) is 0.667. The van der Waals surface area contributed by atoms with E-state index in [9.17, 15) is 8.42 Å². The van der Waals surface area contributed by atoms with Crippen molar-refractivity contribution in [3.63, 3.8) is 0 Å². The Balaban J connectivity index is 2.28. The predicted octanol–water partition coefficient (Wildman–Crippen LogP) is 1.08. The number of para-hydroxylation sites is 1. The average molecular weight is 289 g/mol. The number of hydrogen-bond donors (Lipinski definition) is 1. The van der Waals surface area contributed by atoms with Crippen LogP contribution in [0.2, 0.25) is 5.02 Å². The molecular weight excluding hydrogens is 272 g/mol. The number of benzene rings is 1. The van der Waals surface area contributed by atoms with Crippen LogP contribution in [-0.2, 0) is 16.3 Å². The first kappa shape index (κ1) is 13.6. The molecule has 0 aromatic heterocycles. The Morgan fingerprint density at radius 3 is 2.56 bits per heavy atom. The van der Waals surface area contributed by atoms with Crippen LogP contribution < -0.4 is 10.6 Å². The van der Waals surface area contributed by atoms with Gasteiger partial charge in [-0.15, -0.1) is 0 Å². The minimum Gasteiger partial charge on any atom is -0.368 e. The summed E-state index contributed by atoms with van der Waals surface area (Å²) in [5.74, 6) is 0.389. The number of rotatable bonds is 3. The lowest BCUT2D eigenvalue weighted by molar-refractivity contribution is 0.586. The maximum absolute atomic E-state index is 11.4. The van der Waals surface area contributed by atoms with E-state index in [1.54, 1.807) is 0 Å². The molecule has 0 atom stereocenters. The average Bonchev–Trinajstić information content (AvgIpc) is 2.31. The highest BCUT2D eigenvalue weighted by Gasteiger charge is 2.24. The molecule has 0 bridgehead atoms. The van der Waals surface area contributed by atoms with Gasteiger partial charge in [-0.05, 0) is 24.6 Å². The SMILES string of the molecule is NCCc1cccc(Cl)c1N1CCS(=O)(=O)CC1. The lowest BCUT2D eigenvalue weighted by Gasteiger charge is -2.31. The Morgan fingerprint density at radius 2 is 1.94 bits per heavy atom. The van der Waals surface area contributed by atoms with Gasteiger partial charge in [0.1, 0.15) is 0 Å². The normalized spacial score (nSPS) is 18.9. The Bertz CT molecular complexity index is 517. The molecule has 0 aliphatic carbocycles. The maximum atomic E-state index is 11.4. The summed E-state index contributed by atoms with van der Waals surface area (Å²) in [6, 6.07) is 5.73. The first-order valence-corrected chi connectivity index (χ1v) is 8.16. The second-order valence-corrected chi connectivity index (χ2v) is 7.14. The van der Waals surface area contributed by atoms with Crippen LogP contribution in [0.4, 0.5) is 5.69 Å². The van der Waals surface area contributed by atoms with Crippen LogP contribution in [-0.4, -0.2) is 39.6 Å². The van der Waals surface area contributed by atoms with Crippen LogP contribution in [0.1, 0.15) is 5.56 Å². The van der Waals surface area contributed by atoms with Crippen molar-refractivity contribution in [2.45, 2.75) is 6.42 Å². The smallest absolute Gasteiger partial charge is 0.153 e. The molecule has 1 heterocycles. The van der Waals surface area contributed by atoms with Crippen LogP contribution in [0, 0.1) is 0 Å². The molecule has 0 unspecified atom stereocenters. The molecule has 1 aromatic rings. The third-order valence-electron chi connectivity index (χ3n) is 3.14. The fraction of sp³-hybridized carbons (Fsp3) is 0.500. The van der Waals surface area contributed by atoms with Crippen molar-refractivity contribution in [2.75, 3.05) is 36.0 Å². The van der Waals surface area contributed by atoms with Gasteiger partial charge in [0.05, 0.1) is 22.2 Å². The van der Waals surface area contributed by atoms with E-state index < -0.39 is 9.84 Å². The second-order valence-electron chi connectivity index (χ2n) is 4.43. The number of nitrogens with zero attached hydrogens (tertiary/aromatic N) is 1. The van der Waals surface area contributed by atoms with Crippen LogP contribution >= 0.6 is 11.6 Å². The van der Waals surface area contributed by atoms with E-state index in [-0.39, 0.29) is 11.5 Å². The molecule has 1 aromatic carbocycles. The summed E-state index contributed by atoms with van der Waals surface area (Å²) < 4.78 is 22.9. The van der Waals surface area contributed by atoms with Gasteiger partial charge in [0.25, 0.3) is 0 Å². The van der Waals surface area contributed by atoms with Gasteiger partial charge in [-0.2, -0.15) is 0 Å². The highest BCUT2D eigenvalue weighted by atomic mass is 35.5. The maximum Gasteiger partial charge on any atom is 0.153 e. The van der Waals surface area contributed by atoms with Crippen molar-refractivity contribution < 1.29 is 8.42 Å². The van der Waals surface area contributed by atoms with E-state index >= 15 is 0 Å². The quantitative estimate of drug-likeness (QED) is 0.904. The van der Waals surface area contributed by atoms with Crippen LogP contribution in [0.25, 0.3) is 0 Å². The summed E-state index contributed by atoms with van der Waals surface area (Å²) >= 11 is 6.24. The van der Waals surface area contributed by atoms with Crippen molar-refractivity contribution in [3.05, 3.63) is 28.8 Å². The molecule has 1 aliphatic rings. The second kappa shape index (κ2) is 5.47.